The molecule has 0 N–H and O–H groups in total. The Balaban J connectivity index is 1.60. The summed E-state index contributed by atoms with van der Waals surface area (Å²) in [6, 6.07) is 10.6. The van der Waals surface area contributed by atoms with Crippen molar-refractivity contribution in [3.05, 3.63) is 35.9 Å². The lowest BCUT2D eigenvalue weighted by atomic mass is 9.99. The van der Waals surface area contributed by atoms with Crippen LogP contribution >= 0.6 is 0 Å². The maximum absolute atomic E-state index is 12.1. The molecule has 0 radical (unpaired) electrons. The number of hydrogen-bond donors (Lipinski definition) is 0. The molecule has 0 aromatic heterocycles. The van der Waals surface area contributed by atoms with E-state index in [-0.39, 0.29) is 12.1 Å². The summed E-state index contributed by atoms with van der Waals surface area (Å²) >= 11 is 0. The summed E-state index contributed by atoms with van der Waals surface area (Å²) in [7, 11) is 0. The maximum Gasteiger partial charge on any atom is 0.338 e. The number of piperidine rings is 1. The van der Waals surface area contributed by atoms with Gasteiger partial charge in [0.25, 0.3) is 0 Å². The lowest BCUT2D eigenvalue weighted by molar-refractivity contribution is -0.00596. The van der Waals surface area contributed by atoms with Crippen LogP contribution in [0.25, 0.3) is 0 Å². The Hall–Kier alpha value is -1.35. The first-order chi connectivity index (χ1) is 9.78. The van der Waals surface area contributed by atoms with Gasteiger partial charge in [-0.05, 0) is 37.9 Å². The van der Waals surface area contributed by atoms with Crippen LogP contribution in [0.15, 0.2) is 30.3 Å². The molecule has 3 rings (SSSR count). The van der Waals surface area contributed by atoms with E-state index in [0.29, 0.717) is 17.6 Å². The zero-order valence-electron chi connectivity index (χ0n) is 12.1. The third-order valence-corrected chi connectivity index (χ3v) is 4.61. The van der Waals surface area contributed by atoms with E-state index >= 15 is 0 Å². The number of benzene rings is 1. The van der Waals surface area contributed by atoms with Crippen LogP contribution in [0.3, 0.4) is 0 Å². The van der Waals surface area contributed by atoms with Gasteiger partial charge in [0, 0.05) is 24.9 Å². The van der Waals surface area contributed by atoms with Crippen LogP contribution in [0, 0.1) is 0 Å². The van der Waals surface area contributed by atoms with Crippen LogP contribution in [-0.2, 0) is 4.74 Å². The van der Waals surface area contributed by atoms with Crippen molar-refractivity contribution in [1.82, 2.24) is 4.90 Å². The standard InChI is InChI=1S/C17H23NO2/c1-2-10-18-14-8-9-15(18)12-16(11-14)20-17(19)13-6-4-3-5-7-13/h3-7,14-16H,2,8-12H2,1H3. The van der Waals surface area contributed by atoms with Crippen LogP contribution in [0.5, 0.6) is 0 Å². The summed E-state index contributed by atoms with van der Waals surface area (Å²) in [5.41, 5.74) is 0.663. The molecule has 1 aromatic rings. The first kappa shape index (κ1) is 13.6. The molecule has 20 heavy (non-hydrogen) atoms. The fourth-order valence-corrected chi connectivity index (χ4v) is 3.74. The molecule has 3 heteroatoms. The van der Waals surface area contributed by atoms with E-state index in [1.54, 1.807) is 0 Å². The Morgan fingerprint density at radius 3 is 2.45 bits per heavy atom. The van der Waals surface area contributed by atoms with Crippen molar-refractivity contribution in [2.24, 2.45) is 0 Å². The number of hydrogen-bond acceptors (Lipinski definition) is 3. The topological polar surface area (TPSA) is 29.5 Å². The van der Waals surface area contributed by atoms with Crippen molar-refractivity contribution in [3.63, 3.8) is 0 Å². The summed E-state index contributed by atoms with van der Waals surface area (Å²) in [5.74, 6) is -0.168. The Kier molecular flexibility index (Phi) is 4.06. The number of carbonyl (C=O) groups is 1. The van der Waals surface area contributed by atoms with E-state index in [1.165, 1.54) is 25.8 Å². The molecule has 2 saturated heterocycles. The fraction of sp³-hybridized carbons (Fsp3) is 0.588. The second kappa shape index (κ2) is 5.96. The molecule has 2 atom stereocenters. The van der Waals surface area contributed by atoms with Crippen LogP contribution < -0.4 is 0 Å². The van der Waals surface area contributed by atoms with E-state index in [1.807, 2.05) is 30.3 Å². The molecular formula is C17H23NO2. The summed E-state index contributed by atoms with van der Waals surface area (Å²) in [4.78, 5) is 14.7. The molecule has 0 saturated carbocycles. The van der Waals surface area contributed by atoms with Crippen molar-refractivity contribution < 1.29 is 9.53 Å². The molecule has 1 aromatic carbocycles. The lowest BCUT2D eigenvalue weighted by Gasteiger charge is -2.38. The SMILES string of the molecule is CCCN1C2CCC1CC(OC(=O)c1ccccc1)C2. The van der Waals surface area contributed by atoms with E-state index < -0.39 is 0 Å². The summed E-state index contributed by atoms with van der Waals surface area (Å²) in [6.45, 7) is 3.43. The van der Waals surface area contributed by atoms with Crippen LogP contribution in [0.4, 0.5) is 0 Å². The van der Waals surface area contributed by atoms with Gasteiger partial charge in [-0.15, -0.1) is 0 Å². The van der Waals surface area contributed by atoms with E-state index in [9.17, 15) is 4.79 Å². The predicted octanol–water partition coefficient (Wildman–Crippen LogP) is 3.25. The number of ether oxygens (including phenoxy) is 1. The van der Waals surface area contributed by atoms with Crippen LogP contribution in [-0.4, -0.2) is 35.6 Å². The highest BCUT2D eigenvalue weighted by Gasteiger charge is 2.41. The Morgan fingerprint density at radius 1 is 1.20 bits per heavy atom. The third-order valence-electron chi connectivity index (χ3n) is 4.61. The monoisotopic (exact) mass is 273 g/mol. The van der Waals surface area contributed by atoms with E-state index in [4.69, 9.17) is 4.74 Å². The molecule has 2 heterocycles. The highest BCUT2D eigenvalue weighted by molar-refractivity contribution is 5.89. The molecule has 2 bridgehead atoms. The molecular weight excluding hydrogens is 250 g/mol. The van der Waals surface area contributed by atoms with Gasteiger partial charge in [0.05, 0.1) is 5.56 Å². The second-order valence-corrected chi connectivity index (χ2v) is 5.99. The van der Waals surface area contributed by atoms with Crippen molar-refractivity contribution in [2.45, 2.75) is 57.2 Å². The number of nitrogens with zero attached hydrogens (tertiary/aromatic N) is 1. The maximum atomic E-state index is 12.1. The fourth-order valence-electron chi connectivity index (χ4n) is 3.74. The van der Waals surface area contributed by atoms with Crippen molar-refractivity contribution in [2.75, 3.05) is 6.54 Å². The zero-order valence-corrected chi connectivity index (χ0v) is 12.1. The smallest absolute Gasteiger partial charge is 0.338 e. The van der Waals surface area contributed by atoms with Gasteiger partial charge in [0.1, 0.15) is 6.10 Å². The minimum absolute atomic E-state index is 0.105. The van der Waals surface area contributed by atoms with Crippen LogP contribution in [0.2, 0.25) is 0 Å². The molecule has 0 amide bonds. The quantitative estimate of drug-likeness (QED) is 0.789. The Labute approximate surface area is 120 Å². The molecule has 0 spiro atoms. The summed E-state index contributed by atoms with van der Waals surface area (Å²) in [6.07, 6.45) is 5.87. The van der Waals surface area contributed by atoms with Crippen molar-refractivity contribution in [3.8, 4) is 0 Å². The number of carbonyl (C=O) groups excluding carboxylic acids is 1. The predicted molar refractivity (Wildman–Crippen MR) is 78.7 cm³/mol. The normalized spacial score (nSPS) is 29.4. The summed E-state index contributed by atoms with van der Waals surface area (Å²) in [5, 5.41) is 0. The lowest BCUT2D eigenvalue weighted by Crippen LogP contribution is -2.46. The first-order valence-electron chi connectivity index (χ1n) is 7.79. The Bertz CT molecular complexity index is 445. The largest absolute Gasteiger partial charge is 0.459 e. The zero-order chi connectivity index (χ0) is 13.9. The number of fused-ring (bicyclic) bond motifs is 2. The first-order valence-corrected chi connectivity index (χ1v) is 7.79. The molecule has 108 valence electrons. The number of esters is 1. The van der Waals surface area contributed by atoms with Crippen LogP contribution in [0.1, 0.15) is 49.4 Å². The molecule has 2 fully saturated rings. The average molecular weight is 273 g/mol. The molecule has 2 unspecified atom stereocenters. The van der Waals surface area contributed by atoms with Gasteiger partial charge in [-0.2, -0.15) is 0 Å². The van der Waals surface area contributed by atoms with Gasteiger partial charge < -0.3 is 4.74 Å². The van der Waals surface area contributed by atoms with Gasteiger partial charge in [-0.3, -0.25) is 4.90 Å². The molecule has 3 nitrogen and oxygen atoms in total. The minimum Gasteiger partial charge on any atom is -0.459 e. The van der Waals surface area contributed by atoms with Crippen molar-refractivity contribution in [1.29, 1.82) is 0 Å². The number of rotatable bonds is 4. The minimum atomic E-state index is -0.168. The molecule has 2 aliphatic heterocycles. The highest BCUT2D eigenvalue weighted by Crippen LogP contribution is 2.37. The van der Waals surface area contributed by atoms with Gasteiger partial charge in [-0.1, -0.05) is 25.1 Å². The summed E-state index contributed by atoms with van der Waals surface area (Å²) < 4.78 is 5.72. The molecule has 2 aliphatic rings. The van der Waals surface area contributed by atoms with E-state index in [2.05, 4.69) is 11.8 Å². The van der Waals surface area contributed by atoms with Gasteiger partial charge in [0.15, 0.2) is 0 Å². The van der Waals surface area contributed by atoms with Crippen molar-refractivity contribution >= 4 is 5.97 Å². The van der Waals surface area contributed by atoms with E-state index in [0.717, 1.165) is 12.8 Å². The Morgan fingerprint density at radius 2 is 1.85 bits per heavy atom. The van der Waals surface area contributed by atoms with Gasteiger partial charge >= 0.3 is 5.97 Å². The van der Waals surface area contributed by atoms with Gasteiger partial charge in [0.2, 0.25) is 0 Å². The third kappa shape index (κ3) is 2.73. The highest BCUT2D eigenvalue weighted by atomic mass is 16.5. The average Bonchev–Trinajstić information content (AvgIpc) is 2.71. The molecule has 0 aliphatic carbocycles. The second-order valence-electron chi connectivity index (χ2n) is 5.99. The van der Waals surface area contributed by atoms with Gasteiger partial charge in [-0.25, -0.2) is 4.79 Å².